The van der Waals surface area contributed by atoms with E-state index in [0.29, 0.717) is 22.1 Å². The number of phenolic OH excluding ortho intramolecular Hbond substituents is 2. The number of ether oxygens (including phenoxy) is 4. The fourth-order valence-electron chi connectivity index (χ4n) is 3.65. The smallest absolute Gasteiger partial charge is 0.330 e. The maximum absolute atomic E-state index is 11.2. The standard InChI is InChI=1S/C31H26ClN3O8/c1-3-27(38)42-15-13-40-21-9-11-23(25(36)17-21)30-33-29(19-5-7-20(32)8-6-19)34-31(35-30)24-12-10-22(18-26(24)37)41-14-16-43-28(39)4-2/h3-12,17-18,36-37H,1-2,13-16H2. The summed E-state index contributed by atoms with van der Waals surface area (Å²) < 4.78 is 20.8. The summed E-state index contributed by atoms with van der Waals surface area (Å²) in [5.41, 5.74) is 1.17. The molecule has 12 heteroatoms. The first-order chi connectivity index (χ1) is 20.8. The molecule has 0 radical (unpaired) electrons. The van der Waals surface area contributed by atoms with Gasteiger partial charge in [-0.25, -0.2) is 24.5 Å². The van der Waals surface area contributed by atoms with Gasteiger partial charge in [0.2, 0.25) is 0 Å². The zero-order chi connectivity index (χ0) is 30.8. The van der Waals surface area contributed by atoms with Crippen LogP contribution in [0.3, 0.4) is 0 Å². The van der Waals surface area contributed by atoms with Crippen molar-refractivity contribution < 1.29 is 38.7 Å². The summed E-state index contributed by atoms with van der Waals surface area (Å²) in [5, 5.41) is 22.2. The van der Waals surface area contributed by atoms with Gasteiger partial charge in [0.1, 0.15) is 49.4 Å². The highest BCUT2D eigenvalue weighted by atomic mass is 35.5. The van der Waals surface area contributed by atoms with Gasteiger partial charge in [-0.2, -0.15) is 0 Å². The number of phenols is 2. The molecule has 4 aromatic rings. The van der Waals surface area contributed by atoms with Crippen LogP contribution in [-0.4, -0.2) is 63.5 Å². The molecular weight excluding hydrogens is 578 g/mol. The van der Waals surface area contributed by atoms with E-state index in [9.17, 15) is 19.8 Å². The lowest BCUT2D eigenvalue weighted by Crippen LogP contribution is -2.10. The minimum atomic E-state index is -0.566. The Morgan fingerprint density at radius 2 is 1.12 bits per heavy atom. The molecule has 3 aromatic carbocycles. The van der Waals surface area contributed by atoms with Crippen LogP contribution in [-0.2, 0) is 19.1 Å². The summed E-state index contributed by atoms with van der Waals surface area (Å²) in [6.45, 7) is 6.79. The van der Waals surface area contributed by atoms with Crippen molar-refractivity contribution in [1.29, 1.82) is 0 Å². The quantitative estimate of drug-likeness (QED) is 0.119. The number of halogens is 1. The second-order valence-corrected chi connectivity index (χ2v) is 9.05. The number of carbonyl (C=O) groups excluding carboxylic acids is 2. The number of aromatic hydroxyl groups is 2. The molecule has 0 bridgehead atoms. The second-order valence-electron chi connectivity index (χ2n) is 8.61. The topological polar surface area (TPSA) is 150 Å². The van der Waals surface area contributed by atoms with E-state index in [0.717, 1.165) is 12.2 Å². The minimum absolute atomic E-state index is 0.00469. The highest BCUT2D eigenvalue weighted by molar-refractivity contribution is 6.30. The van der Waals surface area contributed by atoms with E-state index >= 15 is 0 Å². The van der Waals surface area contributed by atoms with Crippen molar-refractivity contribution in [3.8, 4) is 57.2 Å². The number of aromatic nitrogens is 3. The summed E-state index contributed by atoms with van der Waals surface area (Å²) >= 11 is 6.06. The molecule has 0 atom stereocenters. The molecular formula is C31H26ClN3O8. The van der Waals surface area contributed by atoms with Crippen LogP contribution in [0.4, 0.5) is 0 Å². The molecule has 1 aromatic heterocycles. The maximum atomic E-state index is 11.2. The monoisotopic (exact) mass is 603 g/mol. The van der Waals surface area contributed by atoms with E-state index in [2.05, 4.69) is 28.1 Å². The van der Waals surface area contributed by atoms with Crippen molar-refractivity contribution in [2.45, 2.75) is 0 Å². The first-order valence-corrected chi connectivity index (χ1v) is 13.2. The van der Waals surface area contributed by atoms with Gasteiger partial charge in [0.25, 0.3) is 0 Å². The number of esters is 2. The van der Waals surface area contributed by atoms with Crippen LogP contribution in [0.5, 0.6) is 23.0 Å². The van der Waals surface area contributed by atoms with Crippen LogP contribution >= 0.6 is 11.6 Å². The van der Waals surface area contributed by atoms with Gasteiger partial charge in [-0.3, -0.25) is 0 Å². The molecule has 220 valence electrons. The molecule has 43 heavy (non-hydrogen) atoms. The third-order valence-corrected chi connectivity index (χ3v) is 5.94. The Labute approximate surface area is 251 Å². The molecule has 0 amide bonds. The Balaban J connectivity index is 1.62. The summed E-state index contributed by atoms with van der Waals surface area (Å²) in [7, 11) is 0. The number of rotatable bonds is 13. The highest BCUT2D eigenvalue weighted by Crippen LogP contribution is 2.35. The molecule has 0 fully saturated rings. The van der Waals surface area contributed by atoms with Gasteiger partial charge in [0.05, 0.1) is 11.1 Å². The van der Waals surface area contributed by atoms with Crippen LogP contribution in [0.25, 0.3) is 34.2 Å². The molecule has 4 rings (SSSR count). The Kier molecular flexibility index (Phi) is 10.3. The van der Waals surface area contributed by atoms with Crippen molar-refractivity contribution in [2.75, 3.05) is 26.4 Å². The molecule has 0 saturated heterocycles. The second kappa shape index (κ2) is 14.5. The average Bonchev–Trinajstić information content (AvgIpc) is 3.01. The van der Waals surface area contributed by atoms with E-state index in [-0.39, 0.29) is 66.5 Å². The molecule has 0 aliphatic rings. The molecule has 2 N–H and O–H groups in total. The van der Waals surface area contributed by atoms with E-state index in [1.807, 2.05) is 0 Å². The number of hydrogen-bond acceptors (Lipinski definition) is 11. The predicted molar refractivity (Wildman–Crippen MR) is 158 cm³/mol. The van der Waals surface area contributed by atoms with E-state index in [1.165, 1.54) is 12.1 Å². The van der Waals surface area contributed by atoms with E-state index in [1.54, 1.807) is 48.5 Å². The van der Waals surface area contributed by atoms with Crippen LogP contribution in [0.2, 0.25) is 5.02 Å². The molecule has 11 nitrogen and oxygen atoms in total. The number of carbonyl (C=O) groups is 2. The van der Waals surface area contributed by atoms with Gasteiger partial charge < -0.3 is 29.2 Å². The maximum Gasteiger partial charge on any atom is 0.330 e. The summed E-state index contributed by atoms with van der Waals surface area (Å²) in [4.78, 5) is 36.0. The van der Waals surface area contributed by atoms with Gasteiger partial charge >= 0.3 is 11.9 Å². The van der Waals surface area contributed by atoms with Crippen LogP contribution in [0.15, 0.2) is 86.0 Å². The predicted octanol–water partition coefficient (Wildman–Crippen LogP) is 5.15. The van der Waals surface area contributed by atoms with Gasteiger partial charge in [0, 0.05) is 34.9 Å². The van der Waals surface area contributed by atoms with Crippen molar-refractivity contribution >= 4 is 23.5 Å². The Morgan fingerprint density at radius 3 is 1.53 bits per heavy atom. The van der Waals surface area contributed by atoms with Crippen LogP contribution < -0.4 is 9.47 Å². The summed E-state index contributed by atoms with van der Waals surface area (Å²) in [6.07, 6.45) is 2.10. The zero-order valence-corrected chi connectivity index (χ0v) is 23.5. The normalized spacial score (nSPS) is 10.4. The lowest BCUT2D eigenvalue weighted by molar-refractivity contribution is -0.139. The van der Waals surface area contributed by atoms with E-state index in [4.69, 9.17) is 30.5 Å². The van der Waals surface area contributed by atoms with Gasteiger partial charge in [-0.15, -0.1) is 0 Å². The van der Waals surface area contributed by atoms with Gasteiger partial charge in [-0.1, -0.05) is 24.8 Å². The molecule has 0 saturated carbocycles. The Bertz CT molecular complexity index is 1550. The molecule has 0 spiro atoms. The third kappa shape index (κ3) is 8.30. The molecule has 0 aliphatic carbocycles. The van der Waals surface area contributed by atoms with Crippen molar-refractivity contribution in [3.63, 3.8) is 0 Å². The van der Waals surface area contributed by atoms with Gasteiger partial charge in [0.15, 0.2) is 17.5 Å². The number of nitrogens with zero attached hydrogens (tertiary/aromatic N) is 3. The fourth-order valence-corrected chi connectivity index (χ4v) is 3.77. The average molecular weight is 604 g/mol. The lowest BCUT2D eigenvalue weighted by atomic mass is 10.1. The van der Waals surface area contributed by atoms with Crippen molar-refractivity contribution in [3.05, 3.63) is 91.0 Å². The Hall–Kier alpha value is -5.42. The first-order valence-electron chi connectivity index (χ1n) is 12.8. The number of benzene rings is 3. The van der Waals surface area contributed by atoms with Crippen LogP contribution in [0, 0.1) is 0 Å². The Morgan fingerprint density at radius 1 is 0.674 bits per heavy atom. The highest BCUT2D eigenvalue weighted by Gasteiger charge is 2.18. The third-order valence-electron chi connectivity index (χ3n) is 5.68. The SMILES string of the molecule is C=CC(=O)OCCOc1ccc(-c2nc(-c3ccc(Cl)cc3)nc(-c3ccc(OCCOC(=O)C=C)cc3O)n2)c(O)c1. The minimum Gasteiger partial charge on any atom is -0.507 e. The molecule has 0 unspecified atom stereocenters. The molecule has 0 aliphatic heterocycles. The number of hydrogen-bond donors (Lipinski definition) is 2. The van der Waals surface area contributed by atoms with Crippen molar-refractivity contribution in [2.24, 2.45) is 0 Å². The zero-order valence-electron chi connectivity index (χ0n) is 22.7. The largest absolute Gasteiger partial charge is 0.507 e. The summed E-state index contributed by atoms with van der Waals surface area (Å²) in [5.74, 6) is -0.303. The molecule has 1 heterocycles. The fraction of sp³-hybridized carbons (Fsp3) is 0.129. The van der Waals surface area contributed by atoms with Gasteiger partial charge in [-0.05, 0) is 48.5 Å². The van der Waals surface area contributed by atoms with Crippen LogP contribution in [0.1, 0.15) is 0 Å². The van der Waals surface area contributed by atoms with E-state index < -0.39 is 11.9 Å². The van der Waals surface area contributed by atoms with Crippen molar-refractivity contribution in [1.82, 2.24) is 15.0 Å². The summed E-state index contributed by atoms with van der Waals surface area (Å²) in [6, 6.07) is 15.9. The lowest BCUT2D eigenvalue weighted by Gasteiger charge is -2.12. The first kappa shape index (κ1) is 30.5.